The molecule has 0 aliphatic carbocycles. The van der Waals surface area contributed by atoms with Crippen molar-refractivity contribution in [3.63, 3.8) is 0 Å². The van der Waals surface area contributed by atoms with Crippen molar-refractivity contribution in [1.29, 1.82) is 0 Å². The summed E-state index contributed by atoms with van der Waals surface area (Å²) in [4.78, 5) is 18.5. The molecule has 3 N–H and O–H groups in total. The first kappa shape index (κ1) is 10.8. The van der Waals surface area contributed by atoms with Gasteiger partial charge < -0.3 is 10.7 Å². The smallest absolute Gasteiger partial charge is 0.256 e. The van der Waals surface area contributed by atoms with Gasteiger partial charge in [-0.3, -0.25) is 4.79 Å². The summed E-state index contributed by atoms with van der Waals surface area (Å²) in [5.74, 6) is 1.16. The van der Waals surface area contributed by atoms with E-state index in [9.17, 15) is 4.79 Å². The van der Waals surface area contributed by atoms with Gasteiger partial charge in [0.2, 0.25) is 0 Å². The van der Waals surface area contributed by atoms with Crippen LogP contribution in [0, 0.1) is 0 Å². The maximum absolute atomic E-state index is 11.6. The zero-order valence-electron chi connectivity index (χ0n) is 8.92. The van der Waals surface area contributed by atoms with E-state index < -0.39 is 0 Å². The van der Waals surface area contributed by atoms with E-state index in [0.29, 0.717) is 17.2 Å². The molecular formula is C10H17N3O. The number of nitrogens with zero attached hydrogens (tertiary/aromatic N) is 1. The number of anilines is 1. The van der Waals surface area contributed by atoms with E-state index in [1.165, 1.54) is 0 Å². The van der Waals surface area contributed by atoms with Gasteiger partial charge in [-0.15, -0.1) is 0 Å². The molecule has 0 atom stereocenters. The fraction of sp³-hybridized carbons (Fsp3) is 0.600. The van der Waals surface area contributed by atoms with Gasteiger partial charge in [0.05, 0.1) is 5.56 Å². The Balaban J connectivity index is 3.19. The van der Waals surface area contributed by atoms with Gasteiger partial charge in [-0.05, 0) is 12.3 Å². The molecule has 0 fully saturated rings. The van der Waals surface area contributed by atoms with Crippen LogP contribution in [0.15, 0.2) is 4.79 Å². The van der Waals surface area contributed by atoms with Crippen LogP contribution in [-0.2, 0) is 6.42 Å². The van der Waals surface area contributed by atoms with E-state index in [2.05, 4.69) is 9.97 Å². The third-order valence-electron chi connectivity index (χ3n) is 2.10. The molecule has 4 heteroatoms. The minimum absolute atomic E-state index is 0.101. The number of rotatable bonds is 3. The molecule has 0 saturated heterocycles. The van der Waals surface area contributed by atoms with E-state index in [-0.39, 0.29) is 11.5 Å². The first-order valence-electron chi connectivity index (χ1n) is 4.94. The Morgan fingerprint density at radius 1 is 1.50 bits per heavy atom. The molecule has 1 aromatic heterocycles. The van der Waals surface area contributed by atoms with Crippen LogP contribution in [-0.4, -0.2) is 9.97 Å². The lowest BCUT2D eigenvalue weighted by molar-refractivity contribution is 0.786. The van der Waals surface area contributed by atoms with Gasteiger partial charge in [-0.1, -0.05) is 20.8 Å². The summed E-state index contributed by atoms with van der Waals surface area (Å²) in [5.41, 5.74) is 6.21. The van der Waals surface area contributed by atoms with Gasteiger partial charge >= 0.3 is 0 Å². The van der Waals surface area contributed by atoms with Crippen LogP contribution >= 0.6 is 0 Å². The Morgan fingerprint density at radius 2 is 2.14 bits per heavy atom. The summed E-state index contributed by atoms with van der Waals surface area (Å²) >= 11 is 0. The first-order valence-corrected chi connectivity index (χ1v) is 4.94. The summed E-state index contributed by atoms with van der Waals surface area (Å²) in [7, 11) is 0. The van der Waals surface area contributed by atoms with Crippen molar-refractivity contribution in [1.82, 2.24) is 9.97 Å². The van der Waals surface area contributed by atoms with E-state index in [1.54, 1.807) is 0 Å². The molecule has 1 heterocycles. The second-order valence-electron chi connectivity index (χ2n) is 3.72. The Kier molecular flexibility index (Phi) is 3.28. The highest BCUT2D eigenvalue weighted by Crippen LogP contribution is 2.14. The highest BCUT2D eigenvalue weighted by Gasteiger charge is 2.11. The van der Waals surface area contributed by atoms with Crippen molar-refractivity contribution in [2.45, 2.75) is 39.5 Å². The second-order valence-corrected chi connectivity index (χ2v) is 3.72. The Hall–Kier alpha value is -1.32. The van der Waals surface area contributed by atoms with Gasteiger partial charge in [-0.25, -0.2) is 4.98 Å². The lowest BCUT2D eigenvalue weighted by Gasteiger charge is -2.08. The lowest BCUT2D eigenvalue weighted by atomic mass is 10.1. The molecule has 1 aromatic rings. The standard InChI is InChI=1S/C10H17N3O/c1-4-5-7-12-9(11)8(6(2)3)10(14)13-7/h6H,4-5H2,1-3H3,(H3,11,12,13,14). The van der Waals surface area contributed by atoms with Gasteiger partial charge in [-0.2, -0.15) is 0 Å². The molecule has 78 valence electrons. The third-order valence-corrected chi connectivity index (χ3v) is 2.10. The zero-order chi connectivity index (χ0) is 10.7. The highest BCUT2D eigenvalue weighted by atomic mass is 16.1. The van der Waals surface area contributed by atoms with Crippen LogP contribution in [0.4, 0.5) is 5.82 Å². The lowest BCUT2D eigenvalue weighted by Crippen LogP contribution is -2.20. The number of aromatic nitrogens is 2. The van der Waals surface area contributed by atoms with E-state index in [1.807, 2.05) is 20.8 Å². The van der Waals surface area contributed by atoms with Crippen molar-refractivity contribution in [2.24, 2.45) is 0 Å². The first-order chi connectivity index (χ1) is 6.56. The molecule has 4 nitrogen and oxygen atoms in total. The minimum Gasteiger partial charge on any atom is -0.383 e. The van der Waals surface area contributed by atoms with Crippen LogP contribution < -0.4 is 11.3 Å². The number of hydrogen-bond acceptors (Lipinski definition) is 3. The van der Waals surface area contributed by atoms with Crippen molar-refractivity contribution in [3.8, 4) is 0 Å². The van der Waals surface area contributed by atoms with Crippen molar-refractivity contribution >= 4 is 5.82 Å². The molecule has 0 amide bonds. The van der Waals surface area contributed by atoms with Gasteiger partial charge in [0.25, 0.3) is 5.56 Å². The predicted octanol–water partition coefficient (Wildman–Crippen LogP) is 1.43. The maximum Gasteiger partial charge on any atom is 0.256 e. The molecule has 0 aromatic carbocycles. The van der Waals surface area contributed by atoms with Gasteiger partial charge in [0.1, 0.15) is 11.6 Å². The summed E-state index contributed by atoms with van der Waals surface area (Å²) in [6, 6.07) is 0. The fourth-order valence-electron chi connectivity index (χ4n) is 1.46. The summed E-state index contributed by atoms with van der Waals surface area (Å²) in [6.07, 6.45) is 1.71. The number of H-pyrrole nitrogens is 1. The van der Waals surface area contributed by atoms with E-state index in [0.717, 1.165) is 12.8 Å². The second kappa shape index (κ2) is 4.26. The Morgan fingerprint density at radius 3 is 2.57 bits per heavy atom. The molecule has 0 spiro atoms. The number of hydrogen-bond donors (Lipinski definition) is 2. The molecule has 0 aliphatic rings. The normalized spacial score (nSPS) is 10.9. The van der Waals surface area contributed by atoms with Crippen LogP contribution in [0.2, 0.25) is 0 Å². The van der Waals surface area contributed by atoms with Crippen LogP contribution in [0.1, 0.15) is 44.5 Å². The largest absolute Gasteiger partial charge is 0.383 e. The number of nitrogens with two attached hydrogens (primary N) is 1. The number of aromatic amines is 1. The topological polar surface area (TPSA) is 71.8 Å². The fourth-order valence-corrected chi connectivity index (χ4v) is 1.46. The molecule has 0 bridgehead atoms. The monoisotopic (exact) mass is 195 g/mol. The minimum atomic E-state index is -0.101. The van der Waals surface area contributed by atoms with E-state index in [4.69, 9.17) is 5.73 Å². The van der Waals surface area contributed by atoms with Crippen LogP contribution in [0.3, 0.4) is 0 Å². The molecule has 1 rings (SSSR count). The average Bonchev–Trinajstić information content (AvgIpc) is 2.01. The predicted molar refractivity (Wildman–Crippen MR) is 57.4 cm³/mol. The Labute approximate surface area is 83.6 Å². The van der Waals surface area contributed by atoms with Crippen LogP contribution in [0.5, 0.6) is 0 Å². The average molecular weight is 195 g/mol. The van der Waals surface area contributed by atoms with Crippen molar-refractivity contribution in [2.75, 3.05) is 5.73 Å². The molecule has 14 heavy (non-hydrogen) atoms. The summed E-state index contributed by atoms with van der Waals surface area (Å²) < 4.78 is 0. The molecule has 0 unspecified atom stereocenters. The van der Waals surface area contributed by atoms with Crippen LogP contribution in [0.25, 0.3) is 0 Å². The van der Waals surface area contributed by atoms with Gasteiger partial charge in [0.15, 0.2) is 0 Å². The maximum atomic E-state index is 11.6. The quantitative estimate of drug-likeness (QED) is 0.766. The highest BCUT2D eigenvalue weighted by molar-refractivity contribution is 5.39. The molecule has 0 aliphatic heterocycles. The van der Waals surface area contributed by atoms with Crippen molar-refractivity contribution < 1.29 is 0 Å². The SMILES string of the molecule is CCCc1nc(N)c(C(C)C)c(=O)[nH]1. The number of aryl methyl sites for hydroxylation is 1. The molecule has 0 saturated carbocycles. The van der Waals surface area contributed by atoms with Gasteiger partial charge in [0, 0.05) is 6.42 Å². The third kappa shape index (κ3) is 2.13. The summed E-state index contributed by atoms with van der Waals surface area (Å²) in [6.45, 7) is 5.90. The van der Waals surface area contributed by atoms with E-state index >= 15 is 0 Å². The van der Waals surface area contributed by atoms with Crippen molar-refractivity contribution in [3.05, 3.63) is 21.7 Å². The zero-order valence-corrected chi connectivity index (χ0v) is 8.92. The summed E-state index contributed by atoms with van der Waals surface area (Å²) in [5, 5.41) is 0. The number of nitrogens with one attached hydrogen (secondary N) is 1. The molecular weight excluding hydrogens is 178 g/mol. The Bertz CT molecular complexity index is 368. The number of nitrogen functional groups attached to an aromatic ring is 1. The molecule has 0 radical (unpaired) electrons.